The third kappa shape index (κ3) is 17.5. The molecule has 2 aromatic carbocycles. The summed E-state index contributed by atoms with van der Waals surface area (Å²) in [5.74, 6) is 0. The van der Waals surface area contributed by atoms with Gasteiger partial charge in [0.25, 0.3) is 0 Å². The van der Waals surface area contributed by atoms with E-state index < -0.39 is 33.9 Å². The van der Waals surface area contributed by atoms with Crippen LogP contribution in [0, 0.1) is 0 Å². The predicted molar refractivity (Wildman–Crippen MR) is 260 cm³/mol. The molecule has 2 rings (SSSR count). The van der Waals surface area contributed by atoms with Gasteiger partial charge >= 0.3 is 336 Å². The second-order valence-electron chi connectivity index (χ2n) is 17.2. The van der Waals surface area contributed by atoms with Crippen LogP contribution < -0.4 is 0 Å². The molecule has 0 saturated heterocycles. The Morgan fingerprint density at radius 1 is 0.397 bits per heavy atom. The van der Waals surface area contributed by atoms with Crippen molar-refractivity contribution < 1.29 is 24.8 Å². The van der Waals surface area contributed by atoms with E-state index in [1.54, 1.807) is 30.3 Å². The summed E-state index contributed by atoms with van der Waals surface area (Å²) in [5.41, 5.74) is 0.950. The van der Waals surface area contributed by atoms with Gasteiger partial charge in [0, 0.05) is 0 Å². The molecule has 0 unspecified atom stereocenters. The Hall–Kier alpha value is -0.880. The van der Waals surface area contributed by atoms with Crippen molar-refractivity contribution in [2.75, 3.05) is 49.3 Å². The summed E-state index contributed by atoms with van der Waals surface area (Å²) in [7, 11) is -7.50. The maximum absolute atomic E-state index is 14.2. The van der Waals surface area contributed by atoms with Crippen molar-refractivity contribution in [3.8, 4) is 0 Å². The quantitative estimate of drug-likeness (QED) is 0.0524. The van der Waals surface area contributed by atoms with E-state index in [0.717, 1.165) is 119 Å². The van der Waals surface area contributed by atoms with E-state index in [0.29, 0.717) is 4.90 Å². The molecule has 0 bridgehead atoms. The number of benzene rings is 2. The first-order valence-electron chi connectivity index (χ1n) is 23.8. The zero-order valence-electron chi connectivity index (χ0n) is 38.9. The van der Waals surface area contributed by atoms with Gasteiger partial charge in [-0.3, -0.25) is 0 Å². The molecule has 58 heavy (non-hydrogen) atoms. The van der Waals surface area contributed by atoms with E-state index in [2.05, 4.69) is 62.3 Å². The molecule has 2 aromatic rings. The van der Waals surface area contributed by atoms with Gasteiger partial charge in [0.15, 0.2) is 0 Å². The summed E-state index contributed by atoms with van der Waals surface area (Å²) in [6.45, 7) is 13.8. The fourth-order valence-electron chi connectivity index (χ4n) is 8.59. The monoisotopic (exact) mass is 889 g/mol. The Morgan fingerprint density at radius 2 is 0.759 bits per heavy atom. The fourth-order valence-corrected chi connectivity index (χ4v) is 26.3. The molecule has 340 valence electrons. The van der Waals surface area contributed by atoms with Gasteiger partial charge in [-0.2, -0.15) is 0 Å². The Balaban J connectivity index is 0.000000737. The van der Waals surface area contributed by atoms with E-state index in [-0.39, 0.29) is 4.90 Å². The molecule has 0 saturated carbocycles. The van der Waals surface area contributed by atoms with Gasteiger partial charge in [-0.25, -0.2) is 0 Å². The van der Waals surface area contributed by atoms with Gasteiger partial charge in [0.1, 0.15) is 0 Å². The normalized spacial score (nSPS) is 13.9. The van der Waals surface area contributed by atoms with E-state index in [9.17, 15) is 16.8 Å². The average Bonchev–Trinajstić information content (AvgIpc) is 3.24. The summed E-state index contributed by atoms with van der Waals surface area (Å²) < 4.78 is 66.2. The molecule has 0 aliphatic carbocycles. The Kier molecular flexibility index (Phi) is 26.6. The van der Waals surface area contributed by atoms with Crippen LogP contribution >= 0.6 is 13.7 Å². The van der Waals surface area contributed by atoms with Crippen molar-refractivity contribution in [3.63, 3.8) is 0 Å². The third-order valence-electron chi connectivity index (χ3n) is 13.2. The number of unbranched alkanes of at least 4 members (excludes halogenated alkanes) is 13. The minimum absolute atomic E-state index is 0.257. The molecule has 0 amide bonds. The van der Waals surface area contributed by atoms with Crippen LogP contribution in [0.4, 0.5) is 0 Å². The van der Waals surface area contributed by atoms with Crippen LogP contribution in [-0.4, -0.2) is 66.1 Å². The maximum atomic E-state index is 14.2. The minimum atomic E-state index is -3.83. The van der Waals surface area contributed by atoms with Crippen molar-refractivity contribution in [2.45, 2.75) is 194 Å². The van der Waals surface area contributed by atoms with Gasteiger partial charge < -0.3 is 0 Å². The number of hydrogen-bond acceptors (Lipinski definition) is 6. The second-order valence-corrected chi connectivity index (χ2v) is 32.9. The van der Waals surface area contributed by atoms with Crippen molar-refractivity contribution in [1.29, 1.82) is 0 Å². The van der Waals surface area contributed by atoms with Crippen LogP contribution in [0.25, 0.3) is 0 Å². The van der Waals surface area contributed by atoms with Crippen LogP contribution in [0.2, 0.25) is 0 Å². The van der Waals surface area contributed by atoms with Crippen molar-refractivity contribution >= 4 is 33.9 Å². The van der Waals surface area contributed by atoms with E-state index in [4.69, 9.17) is 7.94 Å². The third-order valence-corrected chi connectivity index (χ3v) is 32.1. The Bertz CT molecular complexity index is 1530. The molecule has 0 N–H and O–H groups in total. The van der Waals surface area contributed by atoms with E-state index >= 15 is 0 Å². The molecule has 0 aliphatic heterocycles. The zero-order valence-corrected chi connectivity index (χ0v) is 42.4. The number of hydrogen-bond donors (Lipinski definition) is 0. The fraction of sp³-hybridized carbons (Fsp3) is 0.750. The molecule has 0 fully saturated rings. The van der Waals surface area contributed by atoms with E-state index in [1.807, 2.05) is 24.3 Å². The standard InChI is InChI=1S/C34H65O3PS.C14H25O3PS/c1-6-11-16-17-18-19-20-21-22-23-26-33-27-24-25-28-34(33)39(35,36)37-38(29-12-7-2,30-13-8-3,31-14-9-4)32-15-10-5;1-5-18(6-2,7-3,8-4)17-19(15,16)14-12-10-9-11-13-14/h24-25,27-28H,6-23,26,29-32H2,1-5H3;9-13H,5-8H2,1-4H3. The Labute approximate surface area is 360 Å². The van der Waals surface area contributed by atoms with Crippen LogP contribution in [-0.2, 0) is 34.6 Å². The molecule has 0 aromatic heterocycles. The molecule has 6 nitrogen and oxygen atoms in total. The molecule has 0 atom stereocenters. The summed E-state index contributed by atoms with van der Waals surface area (Å²) in [6, 6.07) is 16.1. The molecule has 0 radical (unpaired) electrons. The summed E-state index contributed by atoms with van der Waals surface area (Å²) in [5, 5.41) is 0. The van der Waals surface area contributed by atoms with Gasteiger partial charge in [0.2, 0.25) is 0 Å². The van der Waals surface area contributed by atoms with Crippen LogP contribution in [0.1, 0.15) is 183 Å². The summed E-state index contributed by atoms with van der Waals surface area (Å²) >= 11 is 0. The summed E-state index contributed by atoms with van der Waals surface area (Å²) in [6.07, 6.45) is 29.3. The molecular weight excluding hydrogens is 799 g/mol. The number of aryl methyl sites for hydroxylation is 1. The first-order chi connectivity index (χ1) is 27.7. The van der Waals surface area contributed by atoms with Gasteiger partial charge in [-0.05, 0) is 0 Å². The second kappa shape index (κ2) is 27.9. The number of rotatable bonds is 33. The van der Waals surface area contributed by atoms with Gasteiger partial charge in [-0.15, -0.1) is 0 Å². The van der Waals surface area contributed by atoms with Crippen molar-refractivity contribution in [3.05, 3.63) is 60.2 Å². The SMILES string of the molecule is CCCCCCCCCCCCc1ccccc1S(=O)(=O)OP(CCCC)(CCCC)(CCCC)CCCC.CCP(CC)(CC)(CC)OS(=O)(=O)c1ccccc1. The van der Waals surface area contributed by atoms with Gasteiger partial charge in [0.05, 0.1) is 0 Å². The molecular formula is C48H90O6P2S2. The summed E-state index contributed by atoms with van der Waals surface area (Å²) in [4.78, 5) is 0.698. The van der Waals surface area contributed by atoms with Crippen LogP contribution in [0.5, 0.6) is 0 Å². The topological polar surface area (TPSA) is 86.7 Å². The molecule has 0 heterocycles. The molecule has 0 spiro atoms. The predicted octanol–water partition coefficient (Wildman–Crippen LogP) is 15.5. The average molecular weight is 889 g/mol. The van der Waals surface area contributed by atoms with E-state index in [1.165, 1.54) is 57.8 Å². The zero-order chi connectivity index (χ0) is 43.5. The van der Waals surface area contributed by atoms with Crippen molar-refractivity contribution in [2.24, 2.45) is 0 Å². The molecule has 10 heteroatoms. The molecule has 0 aliphatic rings. The Morgan fingerprint density at radius 3 is 1.17 bits per heavy atom. The first kappa shape index (κ1) is 55.1. The van der Waals surface area contributed by atoms with Crippen LogP contribution in [0.3, 0.4) is 0 Å². The van der Waals surface area contributed by atoms with Crippen LogP contribution in [0.15, 0.2) is 64.4 Å². The van der Waals surface area contributed by atoms with Crippen molar-refractivity contribution in [1.82, 2.24) is 0 Å². The first-order valence-corrected chi connectivity index (χ1v) is 32.4. The van der Waals surface area contributed by atoms with Gasteiger partial charge in [-0.1, -0.05) is 26.2 Å².